The highest BCUT2D eigenvalue weighted by Gasteiger charge is 2.62. The van der Waals surface area contributed by atoms with Gasteiger partial charge in [0.2, 0.25) is 0 Å². The number of hydrogen-bond donors (Lipinski definition) is 2. The lowest BCUT2D eigenvalue weighted by atomic mass is 9.96. The molecule has 0 aliphatic carbocycles. The zero-order valence-corrected chi connectivity index (χ0v) is 16.9. The summed E-state index contributed by atoms with van der Waals surface area (Å²) in [6.45, 7) is 0.760. The van der Waals surface area contributed by atoms with Crippen LogP contribution in [0.3, 0.4) is 0 Å². The fourth-order valence-corrected chi connectivity index (χ4v) is 4.03. The van der Waals surface area contributed by atoms with Crippen molar-refractivity contribution in [1.29, 1.82) is 5.26 Å². The first-order valence-corrected chi connectivity index (χ1v) is 10.1. The lowest BCUT2D eigenvalue weighted by Crippen LogP contribution is -2.60. The third-order valence-electron chi connectivity index (χ3n) is 5.84. The quantitative estimate of drug-likeness (QED) is 0.699. The Morgan fingerprint density at radius 3 is 2.50 bits per heavy atom. The van der Waals surface area contributed by atoms with E-state index in [0.29, 0.717) is 12.0 Å². The van der Waals surface area contributed by atoms with Gasteiger partial charge in [-0.3, -0.25) is 10.2 Å². The first-order valence-electron chi connectivity index (χ1n) is 10.1. The molecule has 0 bridgehead atoms. The van der Waals surface area contributed by atoms with Crippen molar-refractivity contribution in [3.63, 3.8) is 0 Å². The van der Waals surface area contributed by atoms with E-state index in [1.807, 2.05) is 31.2 Å². The molecule has 0 saturated carbocycles. The number of aliphatic hydroxyl groups excluding tert-OH is 1. The van der Waals surface area contributed by atoms with Gasteiger partial charge in [0, 0.05) is 13.1 Å². The van der Waals surface area contributed by atoms with Crippen LogP contribution in [0, 0.1) is 11.3 Å². The first kappa shape index (κ1) is 22.3. The molecule has 160 valence electrons. The van der Waals surface area contributed by atoms with Gasteiger partial charge in [-0.2, -0.15) is 18.4 Å². The second-order valence-electron chi connectivity index (χ2n) is 7.71. The van der Waals surface area contributed by atoms with Crippen molar-refractivity contribution in [1.82, 2.24) is 10.2 Å². The molecule has 2 aromatic carbocycles. The van der Waals surface area contributed by atoms with Crippen LogP contribution >= 0.6 is 0 Å². The molecule has 3 rings (SSSR count). The number of nitriles is 1. The average molecular weight is 417 g/mol. The zero-order chi connectivity index (χ0) is 21.8. The van der Waals surface area contributed by atoms with Gasteiger partial charge in [-0.25, -0.2) is 0 Å². The van der Waals surface area contributed by atoms with Gasteiger partial charge in [-0.15, -0.1) is 0 Å². The van der Waals surface area contributed by atoms with Crippen molar-refractivity contribution < 1.29 is 18.3 Å². The van der Waals surface area contributed by atoms with Crippen LogP contribution in [0.1, 0.15) is 37.3 Å². The highest BCUT2D eigenvalue weighted by molar-refractivity contribution is 5.70. The Kier molecular flexibility index (Phi) is 6.81. The fraction of sp³-hybridized carbons (Fsp3) is 0.435. The summed E-state index contributed by atoms with van der Waals surface area (Å²) in [6, 6.07) is 16.6. The van der Waals surface area contributed by atoms with Gasteiger partial charge in [0.15, 0.2) is 5.54 Å². The Morgan fingerprint density at radius 1 is 1.20 bits per heavy atom. The van der Waals surface area contributed by atoms with Gasteiger partial charge in [-0.1, -0.05) is 62.2 Å². The largest absolute Gasteiger partial charge is 0.410 e. The average Bonchev–Trinajstić information content (AvgIpc) is 3.11. The second kappa shape index (κ2) is 9.17. The van der Waals surface area contributed by atoms with Gasteiger partial charge in [0.1, 0.15) is 0 Å². The third-order valence-corrected chi connectivity index (χ3v) is 5.84. The normalized spacial score (nSPS) is 22.2. The number of halogens is 3. The number of rotatable bonds is 7. The van der Waals surface area contributed by atoms with E-state index in [2.05, 4.69) is 11.4 Å². The van der Waals surface area contributed by atoms with Gasteiger partial charge < -0.3 is 5.11 Å². The standard InChI is InChI=1S/C23H26F3N3O/c1-2-3-8-21-28-15-22(16-30,23(24,25)26)29(21)14-17-9-11-18(12-10-17)20-7-5-4-6-19(20)13-27/h4-7,9-12,21,28,30H,2-3,8,14-16H2,1H3. The van der Waals surface area contributed by atoms with E-state index in [0.717, 1.165) is 29.5 Å². The molecule has 4 nitrogen and oxygen atoms in total. The topological polar surface area (TPSA) is 59.3 Å². The van der Waals surface area contributed by atoms with Crippen molar-refractivity contribution in [3.8, 4) is 17.2 Å². The van der Waals surface area contributed by atoms with Crippen LogP contribution < -0.4 is 5.32 Å². The monoisotopic (exact) mass is 417 g/mol. The smallest absolute Gasteiger partial charge is 0.394 e. The molecule has 1 aliphatic rings. The second-order valence-corrected chi connectivity index (χ2v) is 7.71. The maximum absolute atomic E-state index is 14.0. The summed E-state index contributed by atoms with van der Waals surface area (Å²) in [4.78, 5) is 1.36. The molecule has 0 aromatic heterocycles. The van der Waals surface area contributed by atoms with Gasteiger partial charge in [0.05, 0.1) is 24.4 Å². The molecular formula is C23H26F3N3O. The molecule has 2 aromatic rings. The first-order chi connectivity index (χ1) is 14.4. The molecule has 2 atom stereocenters. The van der Waals surface area contributed by atoms with Crippen molar-refractivity contribution >= 4 is 0 Å². The van der Waals surface area contributed by atoms with E-state index >= 15 is 0 Å². The minimum absolute atomic E-state index is 0.0711. The number of nitrogens with zero attached hydrogens (tertiary/aromatic N) is 2. The van der Waals surface area contributed by atoms with E-state index in [-0.39, 0.29) is 13.1 Å². The van der Waals surface area contributed by atoms with Gasteiger partial charge in [0.25, 0.3) is 0 Å². The van der Waals surface area contributed by atoms with Crippen LogP contribution in [0.15, 0.2) is 48.5 Å². The van der Waals surface area contributed by atoms with Crippen LogP contribution in [0.2, 0.25) is 0 Å². The number of aliphatic hydroxyl groups is 1. The van der Waals surface area contributed by atoms with E-state index < -0.39 is 24.5 Å². The molecule has 0 radical (unpaired) electrons. The number of nitrogens with one attached hydrogen (secondary N) is 1. The predicted molar refractivity (Wildman–Crippen MR) is 109 cm³/mol. The zero-order valence-electron chi connectivity index (χ0n) is 16.9. The number of hydrogen-bond acceptors (Lipinski definition) is 4. The lowest BCUT2D eigenvalue weighted by molar-refractivity contribution is -0.235. The molecule has 1 heterocycles. The molecule has 2 unspecified atom stereocenters. The highest BCUT2D eigenvalue weighted by atomic mass is 19.4. The summed E-state index contributed by atoms with van der Waals surface area (Å²) in [5, 5.41) is 22.0. The minimum Gasteiger partial charge on any atom is -0.394 e. The van der Waals surface area contributed by atoms with Crippen LogP contribution in [-0.2, 0) is 6.54 Å². The van der Waals surface area contributed by atoms with Crippen molar-refractivity contribution in [2.45, 2.75) is 50.6 Å². The number of alkyl halides is 3. The summed E-state index contributed by atoms with van der Waals surface area (Å²) >= 11 is 0. The molecule has 0 amide bonds. The van der Waals surface area contributed by atoms with Crippen molar-refractivity contribution in [2.75, 3.05) is 13.2 Å². The fourth-order valence-electron chi connectivity index (χ4n) is 4.03. The van der Waals surface area contributed by atoms with E-state index in [9.17, 15) is 23.5 Å². The van der Waals surface area contributed by atoms with Gasteiger partial charge in [-0.05, 0) is 29.2 Å². The molecule has 30 heavy (non-hydrogen) atoms. The summed E-state index contributed by atoms with van der Waals surface area (Å²) in [7, 11) is 0. The lowest BCUT2D eigenvalue weighted by Gasteiger charge is -2.40. The Hall–Kier alpha value is -2.40. The maximum Gasteiger partial charge on any atom is 0.410 e. The number of unbranched alkanes of at least 4 members (excludes halogenated alkanes) is 1. The van der Waals surface area contributed by atoms with Crippen LogP contribution in [0.5, 0.6) is 0 Å². The molecule has 2 N–H and O–H groups in total. The molecule has 1 saturated heterocycles. The Bertz CT molecular complexity index is 892. The molecule has 0 spiro atoms. The Morgan fingerprint density at radius 2 is 1.90 bits per heavy atom. The Balaban J connectivity index is 1.88. The maximum atomic E-state index is 14.0. The SMILES string of the molecule is CCCCC1NCC(CO)(C(F)(F)F)N1Cc1ccc(-c2ccccc2C#N)cc1. The molecule has 1 aliphatic heterocycles. The van der Waals surface area contributed by atoms with Crippen LogP contribution in [0.25, 0.3) is 11.1 Å². The summed E-state index contributed by atoms with van der Waals surface area (Å²) in [6.07, 6.45) is -2.73. The minimum atomic E-state index is -4.55. The molecule has 1 fully saturated rings. The Labute approximate surface area is 174 Å². The van der Waals surface area contributed by atoms with Crippen molar-refractivity contribution in [2.24, 2.45) is 0 Å². The van der Waals surface area contributed by atoms with Crippen LogP contribution in [0.4, 0.5) is 13.2 Å². The summed E-state index contributed by atoms with van der Waals surface area (Å²) in [5.74, 6) is 0. The van der Waals surface area contributed by atoms with E-state index in [1.165, 1.54) is 4.90 Å². The van der Waals surface area contributed by atoms with Crippen molar-refractivity contribution in [3.05, 3.63) is 59.7 Å². The summed E-state index contributed by atoms with van der Waals surface area (Å²) in [5.41, 5.74) is 0.597. The van der Waals surface area contributed by atoms with E-state index in [4.69, 9.17) is 0 Å². The molecular weight excluding hydrogens is 391 g/mol. The number of benzene rings is 2. The predicted octanol–water partition coefficient (Wildman–Crippen LogP) is 4.44. The third kappa shape index (κ3) is 4.22. The molecule has 7 heteroatoms. The highest BCUT2D eigenvalue weighted by Crippen LogP contribution is 2.41. The van der Waals surface area contributed by atoms with Gasteiger partial charge >= 0.3 is 6.18 Å². The van der Waals surface area contributed by atoms with Crippen LogP contribution in [-0.4, -0.2) is 41.0 Å². The van der Waals surface area contributed by atoms with E-state index in [1.54, 1.807) is 24.3 Å². The summed E-state index contributed by atoms with van der Waals surface area (Å²) < 4.78 is 41.9.